The Labute approximate surface area is 202 Å². The van der Waals surface area contributed by atoms with E-state index in [-0.39, 0.29) is 24.2 Å². The number of oxazole rings is 1. The highest BCUT2D eigenvalue weighted by Gasteiger charge is 2.19. The second-order valence-corrected chi connectivity index (χ2v) is 8.11. The number of urea groups is 1. The molecule has 3 amide bonds. The van der Waals surface area contributed by atoms with E-state index < -0.39 is 0 Å². The Morgan fingerprint density at radius 2 is 1.74 bits per heavy atom. The number of nitrogens with zero attached hydrogens (tertiary/aromatic N) is 2. The smallest absolute Gasteiger partial charge is 0.322 e. The molecule has 0 aliphatic heterocycles. The second kappa shape index (κ2) is 15.1. The van der Waals surface area contributed by atoms with Crippen molar-refractivity contribution in [2.24, 2.45) is 0 Å². The van der Waals surface area contributed by atoms with Crippen LogP contribution in [-0.4, -0.2) is 61.3 Å². The molecule has 0 aliphatic carbocycles. The average Bonchev–Trinajstić information content (AvgIpc) is 3.30. The Hall–Kier alpha value is -2.91. The molecule has 0 spiro atoms. The lowest BCUT2D eigenvalue weighted by Crippen LogP contribution is -2.36. The highest BCUT2D eigenvalue weighted by Crippen LogP contribution is 2.18. The fraction of sp³-hybridized carbons (Fsp3) is 0.560. The van der Waals surface area contributed by atoms with Gasteiger partial charge in [0.2, 0.25) is 5.89 Å². The first-order valence-electron chi connectivity index (χ1n) is 12.0. The topological polar surface area (TPSA) is 106 Å². The van der Waals surface area contributed by atoms with Crippen molar-refractivity contribution >= 4 is 17.6 Å². The normalized spacial score (nSPS) is 11.0. The first-order chi connectivity index (χ1) is 16.4. The fourth-order valence-corrected chi connectivity index (χ4v) is 3.17. The number of nitrogens with one attached hydrogen (secondary N) is 2. The summed E-state index contributed by atoms with van der Waals surface area (Å²) in [5.41, 5.74) is 2.10. The number of benzene rings is 1. The fourth-order valence-electron chi connectivity index (χ4n) is 3.17. The Morgan fingerprint density at radius 3 is 2.38 bits per heavy atom. The number of amides is 3. The molecule has 1 heterocycles. The predicted octanol–water partition coefficient (Wildman–Crippen LogP) is 4.42. The minimum atomic E-state index is -0.316. The number of anilines is 1. The molecular formula is C25H38N4O5. The number of carbonyl (C=O) groups is 2. The molecule has 9 nitrogen and oxygen atoms in total. The minimum absolute atomic E-state index is 0.139. The summed E-state index contributed by atoms with van der Waals surface area (Å²) >= 11 is 0. The lowest BCUT2D eigenvalue weighted by atomic mass is 10.0. The standard InChI is InChI=1S/C25H38N4O5/c1-5-32-15-7-13-26-24(30)22-18-34-23(28-22)17-29(14-8-16-33-6-2)25(31)27-21-11-9-20(10-12-21)19(3)4/h9-12,18-19H,5-8,13-17H2,1-4H3,(H,26,30)(H,27,31). The van der Waals surface area contributed by atoms with Gasteiger partial charge in [-0.1, -0.05) is 26.0 Å². The van der Waals surface area contributed by atoms with Gasteiger partial charge in [-0.3, -0.25) is 4.79 Å². The van der Waals surface area contributed by atoms with E-state index in [0.717, 1.165) is 6.42 Å². The molecule has 2 N–H and O–H groups in total. The van der Waals surface area contributed by atoms with E-state index in [1.807, 2.05) is 38.1 Å². The monoisotopic (exact) mass is 474 g/mol. The van der Waals surface area contributed by atoms with Gasteiger partial charge in [-0.15, -0.1) is 0 Å². The van der Waals surface area contributed by atoms with Gasteiger partial charge in [-0.2, -0.15) is 0 Å². The van der Waals surface area contributed by atoms with Crippen molar-refractivity contribution in [3.63, 3.8) is 0 Å². The minimum Gasteiger partial charge on any atom is -0.446 e. The van der Waals surface area contributed by atoms with Crippen molar-refractivity contribution in [1.29, 1.82) is 0 Å². The van der Waals surface area contributed by atoms with Crippen LogP contribution >= 0.6 is 0 Å². The Morgan fingerprint density at radius 1 is 1.06 bits per heavy atom. The summed E-state index contributed by atoms with van der Waals surface area (Å²) in [4.78, 5) is 31.1. The zero-order chi connectivity index (χ0) is 24.8. The number of hydrogen-bond donors (Lipinski definition) is 2. The summed E-state index contributed by atoms with van der Waals surface area (Å²) in [5.74, 6) is 0.395. The number of carbonyl (C=O) groups excluding carboxylic acids is 2. The SMILES string of the molecule is CCOCCCNC(=O)c1coc(CN(CCCOCC)C(=O)Nc2ccc(C(C)C)cc2)n1. The molecule has 0 saturated heterocycles. The van der Waals surface area contributed by atoms with Crippen LogP contribution in [-0.2, 0) is 16.0 Å². The molecule has 0 saturated carbocycles. The van der Waals surface area contributed by atoms with E-state index in [0.29, 0.717) is 63.4 Å². The molecule has 0 atom stereocenters. The van der Waals surface area contributed by atoms with E-state index in [1.165, 1.54) is 11.8 Å². The number of aromatic nitrogens is 1. The Balaban J connectivity index is 1.97. The number of rotatable bonds is 15. The van der Waals surface area contributed by atoms with Crippen LogP contribution in [0.5, 0.6) is 0 Å². The summed E-state index contributed by atoms with van der Waals surface area (Å²) in [6.07, 6.45) is 2.70. The van der Waals surface area contributed by atoms with Gasteiger partial charge >= 0.3 is 6.03 Å². The molecule has 0 fully saturated rings. The zero-order valence-corrected chi connectivity index (χ0v) is 20.8. The van der Waals surface area contributed by atoms with Crippen LogP contribution in [0.4, 0.5) is 10.5 Å². The van der Waals surface area contributed by atoms with Gasteiger partial charge in [0.25, 0.3) is 5.91 Å². The second-order valence-electron chi connectivity index (χ2n) is 8.11. The summed E-state index contributed by atoms with van der Waals surface area (Å²) < 4.78 is 16.1. The maximum Gasteiger partial charge on any atom is 0.322 e. The number of ether oxygens (including phenoxy) is 2. The Kier molecular flexibility index (Phi) is 12.1. The average molecular weight is 475 g/mol. The van der Waals surface area contributed by atoms with Crippen LogP contribution in [0.25, 0.3) is 0 Å². The molecule has 1 aromatic carbocycles. The van der Waals surface area contributed by atoms with E-state index >= 15 is 0 Å². The molecule has 0 bridgehead atoms. The van der Waals surface area contributed by atoms with Crippen LogP contribution in [0.1, 0.15) is 68.4 Å². The van der Waals surface area contributed by atoms with Gasteiger partial charge in [0.15, 0.2) is 5.69 Å². The van der Waals surface area contributed by atoms with Gasteiger partial charge in [0.05, 0.1) is 6.54 Å². The van der Waals surface area contributed by atoms with E-state index in [9.17, 15) is 9.59 Å². The van der Waals surface area contributed by atoms with Crippen LogP contribution in [0.15, 0.2) is 34.9 Å². The molecule has 188 valence electrons. The molecule has 0 aliphatic rings. The molecular weight excluding hydrogens is 436 g/mol. The van der Waals surface area contributed by atoms with Crippen LogP contribution < -0.4 is 10.6 Å². The van der Waals surface area contributed by atoms with E-state index in [2.05, 4.69) is 29.5 Å². The summed E-state index contributed by atoms with van der Waals surface area (Å²) in [5, 5.41) is 5.72. The van der Waals surface area contributed by atoms with Gasteiger partial charge in [-0.25, -0.2) is 9.78 Å². The highest BCUT2D eigenvalue weighted by molar-refractivity contribution is 5.92. The maximum absolute atomic E-state index is 13.0. The summed E-state index contributed by atoms with van der Waals surface area (Å²) in [6, 6.07) is 7.53. The molecule has 34 heavy (non-hydrogen) atoms. The van der Waals surface area contributed by atoms with Crippen molar-refractivity contribution in [2.75, 3.05) is 44.8 Å². The van der Waals surface area contributed by atoms with Crippen LogP contribution in [0.3, 0.4) is 0 Å². The molecule has 2 aromatic rings. The Bertz CT molecular complexity index is 866. The van der Waals surface area contributed by atoms with Crippen molar-refractivity contribution < 1.29 is 23.5 Å². The first kappa shape index (κ1) is 27.3. The van der Waals surface area contributed by atoms with Crippen molar-refractivity contribution in [1.82, 2.24) is 15.2 Å². The lowest BCUT2D eigenvalue weighted by molar-refractivity contribution is 0.0939. The largest absolute Gasteiger partial charge is 0.446 e. The third-order valence-corrected chi connectivity index (χ3v) is 5.10. The van der Waals surface area contributed by atoms with Crippen LogP contribution in [0, 0.1) is 0 Å². The highest BCUT2D eigenvalue weighted by atomic mass is 16.5. The van der Waals surface area contributed by atoms with Crippen molar-refractivity contribution in [3.8, 4) is 0 Å². The first-order valence-corrected chi connectivity index (χ1v) is 12.0. The van der Waals surface area contributed by atoms with Crippen molar-refractivity contribution in [2.45, 2.75) is 53.0 Å². The van der Waals surface area contributed by atoms with Crippen molar-refractivity contribution in [3.05, 3.63) is 47.7 Å². The summed E-state index contributed by atoms with van der Waals surface area (Å²) in [7, 11) is 0. The van der Waals surface area contributed by atoms with Gasteiger partial charge in [-0.05, 0) is 50.3 Å². The molecule has 1 aromatic heterocycles. The lowest BCUT2D eigenvalue weighted by Gasteiger charge is -2.22. The molecule has 9 heteroatoms. The number of hydrogen-bond acceptors (Lipinski definition) is 6. The van der Waals surface area contributed by atoms with Crippen LogP contribution in [0.2, 0.25) is 0 Å². The van der Waals surface area contributed by atoms with E-state index in [1.54, 1.807) is 4.90 Å². The maximum atomic E-state index is 13.0. The summed E-state index contributed by atoms with van der Waals surface area (Å²) in [6.45, 7) is 11.6. The van der Waals surface area contributed by atoms with Gasteiger partial charge < -0.3 is 29.4 Å². The predicted molar refractivity (Wildman–Crippen MR) is 131 cm³/mol. The third-order valence-electron chi connectivity index (χ3n) is 5.10. The van der Waals surface area contributed by atoms with E-state index in [4.69, 9.17) is 13.9 Å². The molecule has 2 rings (SSSR count). The quantitative estimate of drug-likeness (QED) is 0.370. The van der Waals surface area contributed by atoms with Gasteiger partial charge in [0.1, 0.15) is 6.26 Å². The molecule has 0 radical (unpaired) electrons. The molecule has 0 unspecified atom stereocenters. The van der Waals surface area contributed by atoms with Gasteiger partial charge in [0, 0.05) is 45.2 Å². The zero-order valence-electron chi connectivity index (χ0n) is 20.8. The third kappa shape index (κ3) is 9.52.